The highest BCUT2D eigenvalue weighted by Crippen LogP contribution is 2.41. The molecule has 1 atom stereocenters. The minimum atomic E-state index is -3.84. The van der Waals surface area contributed by atoms with Crippen LogP contribution in [0.25, 0.3) is 16.9 Å². The van der Waals surface area contributed by atoms with E-state index in [2.05, 4.69) is 0 Å². The zero-order valence-corrected chi connectivity index (χ0v) is 22.5. The Morgan fingerprint density at radius 3 is 2.12 bits per heavy atom. The molecule has 2 heterocycles. The Kier molecular flexibility index (Phi) is 6.53. The van der Waals surface area contributed by atoms with Gasteiger partial charge in [0.15, 0.2) is 0 Å². The molecule has 0 bridgehead atoms. The second kappa shape index (κ2) is 10.2. The maximum atomic E-state index is 13.8. The van der Waals surface area contributed by atoms with Crippen molar-refractivity contribution in [1.29, 1.82) is 0 Å². The van der Waals surface area contributed by atoms with Crippen LogP contribution in [0.5, 0.6) is 0 Å². The third kappa shape index (κ3) is 5.04. The fraction of sp³-hybridized carbons (Fsp3) is 0.0968. The first-order valence-electron chi connectivity index (χ1n) is 12.7. The summed E-state index contributed by atoms with van der Waals surface area (Å²) in [4.78, 5) is 0.0265. The molecule has 4 aromatic carbocycles. The number of primary sulfonamides is 1. The first-order valence-corrected chi connectivity index (χ1v) is 14.3. The highest BCUT2D eigenvalue weighted by atomic mass is 32.2. The molecule has 1 aliphatic heterocycles. The largest absolute Gasteiger partial charge is 0.257 e. The number of halogens is 1. The molecule has 5 aromatic rings. The quantitative estimate of drug-likeness (QED) is 0.281. The van der Waals surface area contributed by atoms with Gasteiger partial charge in [0.2, 0.25) is 10.0 Å². The Hall–Kier alpha value is -4.60. The van der Waals surface area contributed by atoms with Crippen LogP contribution in [0.3, 0.4) is 0 Å². The molecule has 1 unspecified atom stereocenters. The van der Waals surface area contributed by atoms with Crippen LogP contribution >= 0.6 is 0 Å². The molecule has 0 saturated heterocycles. The average Bonchev–Trinajstić information content (AvgIpc) is 3.59. The van der Waals surface area contributed by atoms with Gasteiger partial charge in [-0.3, -0.25) is 5.01 Å². The third-order valence-electron chi connectivity index (χ3n) is 6.96. The van der Waals surface area contributed by atoms with E-state index in [1.807, 2.05) is 77.4 Å². The molecule has 1 aromatic heterocycles. The maximum Gasteiger partial charge on any atom is 0.238 e. The van der Waals surface area contributed by atoms with Gasteiger partial charge in [0.05, 0.1) is 33.7 Å². The number of hydrogen-bond donors (Lipinski definition) is 1. The number of nitrogens with zero attached hydrogens (tertiary/aromatic N) is 4. The summed E-state index contributed by atoms with van der Waals surface area (Å²) >= 11 is 0. The predicted molar refractivity (Wildman–Crippen MR) is 154 cm³/mol. The molecule has 40 heavy (non-hydrogen) atoms. The summed E-state index contributed by atoms with van der Waals surface area (Å²) in [6.45, 7) is 2.04. The van der Waals surface area contributed by atoms with E-state index in [1.165, 1.54) is 24.3 Å². The topological polar surface area (TPSA) is 93.6 Å². The number of aryl methyl sites for hydroxylation is 1. The summed E-state index contributed by atoms with van der Waals surface area (Å²) in [7, 11) is -3.84. The van der Waals surface area contributed by atoms with Gasteiger partial charge in [-0.05, 0) is 73.2 Å². The van der Waals surface area contributed by atoms with Crippen LogP contribution < -0.4 is 10.1 Å². The Balaban J connectivity index is 1.50. The fourth-order valence-corrected chi connectivity index (χ4v) is 5.39. The number of rotatable bonds is 6. The molecule has 7 nitrogen and oxygen atoms in total. The summed E-state index contributed by atoms with van der Waals surface area (Å²) in [6, 6.07) is 30.4. The fourth-order valence-electron chi connectivity index (χ4n) is 4.88. The summed E-state index contributed by atoms with van der Waals surface area (Å²) < 4.78 is 39.4. The minimum Gasteiger partial charge on any atom is -0.257 e. The summed E-state index contributed by atoms with van der Waals surface area (Å²) in [6.07, 6.45) is 2.56. The summed E-state index contributed by atoms with van der Waals surface area (Å²) in [5, 5.41) is 17.2. The van der Waals surface area contributed by atoms with Gasteiger partial charge in [-0.15, -0.1) is 0 Å². The minimum absolute atomic E-state index is 0.0265. The zero-order chi connectivity index (χ0) is 27.9. The Morgan fingerprint density at radius 1 is 0.825 bits per heavy atom. The van der Waals surface area contributed by atoms with Gasteiger partial charge in [0.1, 0.15) is 5.82 Å². The van der Waals surface area contributed by atoms with Crippen LogP contribution in [0.4, 0.5) is 10.1 Å². The Morgan fingerprint density at radius 2 is 1.48 bits per heavy atom. The van der Waals surface area contributed by atoms with Gasteiger partial charge in [-0.2, -0.15) is 10.2 Å². The lowest BCUT2D eigenvalue weighted by molar-refractivity contribution is 0.597. The van der Waals surface area contributed by atoms with Crippen LogP contribution in [0, 0.1) is 12.7 Å². The Bertz CT molecular complexity index is 1800. The van der Waals surface area contributed by atoms with E-state index >= 15 is 0 Å². The third-order valence-corrected chi connectivity index (χ3v) is 7.89. The molecule has 0 fully saturated rings. The lowest BCUT2D eigenvalue weighted by Gasteiger charge is -2.24. The Labute approximate surface area is 232 Å². The van der Waals surface area contributed by atoms with E-state index in [9.17, 15) is 12.8 Å². The number of nitrogens with two attached hydrogens (primary N) is 1. The molecule has 2 N–H and O–H groups in total. The predicted octanol–water partition coefficient (Wildman–Crippen LogP) is 5.99. The van der Waals surface area contributed by atoms with Crippen molar-refractivity contribution < 1.29 is 12.8 Å². The first kappa shape index (κ1) is 25.7. The van der Waals surface area contributed by atoms with Gasteiger partial charge in [-0.1, -0.05) is 48.0 Å². The molecular formula is C31H26FN5O2S. The molecule has 0 aliphatic carbocycles. The number of aromatic nitrogens is 2. The lowest BCUT2D eigenvalue weighted by Crippen LogP contribution is -2.19. The van der Waals surface area contributed by atoms with Crippen molar-refractivity contribution in [1.82, 2.24) is 9.78 Å². The van der Waals surface area contributed by atoms with Gasteiger partial charge < -0.3 is 0 Å². The van der Waals surface area contributed by atoms with Crippen molar-refractivity contribution in [2.75, 3.05) is 5.01 Å². The number of para-hydroxylation sites is 1. The lowest BCUT2D eigenvalue weighted by atomic mass is 9.96. The molecule has 0 amide bonds. The zero-order valence-electron chi connectivity index (χ0n) is 21.6. The maximum absolute atomic E-state index is 13.8. The van der Waals surface area contributed by atoms with E-state index in [4.69, 9.17) is 15.3 Å². The van der Waals surface area contributed by atoms with E-state index < -0.39 is 10.0 Å². The van der Waals surface area contributed by atoms with Crippen LogP contribution in [-0.2, 0) is 10.0 Å². The SMILES string of the molecule is Cc1ccc(C2=NN(c3ccc(S(N)(=O)=O)cc3)C(c3cn(-c4ccccc4)nc3-c3ccc(F)cc3)C2)cc1. The van der Waals surface area contributed by atoms with Crippen molar-refractivity contribution >= 4 is 21.4 Å². The molecule has 6 rings (SSSR count). The average molecular weight is 552 g/mol. The molecule has 1 aliphatic rings. The van der Waals surface area contributed by atoms with E-state index in [0.29, 0.717) is 17.8 Å². The number of anilines is 1. The van der Waals surface area contributed by atoms with E-state index in [1.54, 1.807) is 24.3 Å². The van der Waals surface area contributed by atoms with Crippen LogP contribution in [0.1, 0.15) is 29.2 Å². The van der Waals surface area contributed by atoms with Crippen molar-refractivity contribution in [3.8, 4) is 16.9 Å². The van der Waals surface area contributed by atoms with E-state index in [0.717, 1.165) is 33.7 Å². The number of sulfonamides is 1. The second-order valence-corrected chi connectivity index (χ2v) is 11.3. The molecule has 0 radical (unpaired) electrons. The van der Waals surface area contributed by atoms with Crippen molar-refractivity contribution in [3.63, 3.8) is 0 Å². The van der Waals surface area contributed by atoms with Crippen molar-refractivity contribution in [2.24, 2.45) is 10.2 Å². The standard InChI is InChI=1S/C31H26FN5O2S/c1-21-7-9-22(10-8-21)29-19-30(37(34-29)26-15-17-27(18-16-26)40(33,38)39)28-20-36(25-5-3-2-4-6-25)35-31(28)23-11-13-24(32)14-12-23/h2-18,20,30H,19H2,1H3,(H2,33,38,39). The number of benzene rings is 4. The monoisotopic (exact) mass is 551 g/mol. The summed E-state index contributed by atoms with van der Waals surface area (Å²) in [5.41, 5.74) is 7.01. The smallest absolute Gasteiger partial charge is 0.238 e. The van der Waals surface area contributed by atoms with Gasteiger partial charge in [0, 0.05) is 23.7 Å². The van der Waals surface area contributed by atoms with Gasteiger partial charge in [0.25, 0.3) is 0 Å². The molecular weight excluding hydrogens is 525 g/mol. The molecule has 0 spiro atoms. The molecule has 9 heteroatoms. The summed E-state index contributed by atoms with van der Waals surface area (Å²) in [5.74, 6) is -0.324. The molecule has 200 valence electrons. The van der Waals surface area contributed by atoms with Crippen LogP contribution in [0.2, 0.25) is 0 Å². The van der Waals surface area contributed by atoms with Crippen LogP contribution in [-0.4, -0.2) is 23.9 Å². The van der Waals surface area contributed by atoms with Gasteiger partial charge >= 0.3 is 0 Å². The highest BCUT2D eigenvalue weighted by molar-refractivity contribution is 7.89. The highest BCUT2D eigenvalue weighted by Gasteiger charge is 2.34. The molecule has 0 saturated carbocycles. The number of hydrazone groups is 1. The normalized spacial score (nSPS) is 15.3. The second-order valence-electron chi connectivity index (χ2n) is 9.74. The van der Waals surface area contributed by atoms with Crippen molar-refractivity contribution in [3.05, 3.63) is 132 Å². The van der Waals surface area contributed by atoms with Crippen molar-refractivity contribution in [2.45, 2.75) is 24.3 Å². The first-order chi connectivity index (χ1) is 19.3. The van der Waals surface area contributed by atoms with E-state index in [-0.39, 0.29) is 16.8 Å². The van der Waals surface area contributed by atoms with Gasteiger partial charge in [-0.25, -0.2) is 22.6 Å². The number of hydrogen-bond acceptors (Lipinski definition) is 5. The van der Waals surface area contributed by atoms with Crippen LogP contribution in [0.15, 0.2) is 119 Å².